The number of hydrogen-bond acceptors (Lipinski definition) is 2. The fraction of sp³-hybridized carbons (Fsp3) is 0.600. The van der Waals surface area contributed by atoms with Gasteiger partial charge in [-0.1, -0.05) is 57.6 Å². The van der Waals surface area contributed by atoms with E-state index in [4.69, 9.17) is 0 Å². The Hall–Kier alpha value is 0.330. The third-order valence-corrected chi connectivity index (χ3v) is 3.84. The second kappa shape index (κ2) is 12.1. The van der Waals surface area contributed by atoms with E-state index in [9.17, 15) is 8.76 Å². The number of hydrogen-bond donors (Lipinski definition) is 0. The summed E-state index contributed by atoms with van der Waals surface area (Å²) in [6.07, 6.45) is 10.2. The topological polar surface area (TPSA) is 40.1 Å². The average molecular weight is 290 g/mol. The quantitative estimate of drug-likeness (QED) is 0.390. The van der Waals surface area contributed by atoms with E-state index in [-0.39, 0.29) is 29.6 Å². The van der Waals surface area contributed by atoms with E-state index < -0.39 is 11.1 Å². The molecule has 0 aromatic heterocycles. The molecule has 4 heteroatoms. The van der Waals surface area contributed by atoms with Crippen LogP contribution >= 0.6 is 0 Å². The Labute approximate surface area is 142 Å². The van der Waals surface area contributed by atoms with Gasteiger partial charge < -0.3 is 4.55 Å². The van der Waals surface area contributed by atoms with Gasteiger partial charge in [0.1, 0.15) is 0 Å². The molecule has 0 saturated carbocycles. The molecule has 0 aliphatic rings. The van der Waals surface area contributed by atoms with Crippen molar-refractivity contribution < 1.29 is 38.3 Å². The van der Waals surface area contributed by atoms with Gasteiger partial charge in [-0.15, -0.1) is 0 Å². The van der Waals surface area contributed by atoms with Crippen molar-refractivity contribution in [2.75, 3.05) is 0 Å². The van der Waals surface area contributed by atoms with Crippen LogP contribution in [0.15, 0.2) is 29.2 Å². The monoisotopic (exact) mass is 290 g/mol. The molecule has 0 aliphatic heterocycles. The molecular formula is C15H23NaO2S. The van der Waals surface area contributed by atoms with Crippen LogP contribution in [0.25, 0.3) is 0 Å². The first-order chi connectivity index (χ1) is 8.74. The summed E-state index contributed by atoms with van der Waals surface area (Å²) in [4.78, 5) is 0.373. The Morgan fingerprint density at radius 1 is 0.947 bits per heavy atom. The van der Waals surface area contributed by atoms with Crippen molar-refractivity contribution in [1.29, 1.82) is 0 Å². The number of unbranched alkanes of at least 4 members (excludes halogenated alkanes) is 6. The maximum atomic E-state index is 10.7. The molecule has 19 heavy (non-hydrogen) atoms. The molecule has 1 unspecified atom stereocenters. The zero-order valence-electron chi connectivity index (χ0n) is 12.2. The summed E-state index contributed by atoms with van der Waals surface area (Å²) >= 11 is -2.10. The minimum absolute atomic E-state index is 0. The molecule has 0 heterocycles. The van der Waals surface area contributed by atoms with Crippen LogP contribution in [0.4, 0.5) is 0 Å². The van der Waals surface area contributed by atoms with Gasteiger partial charge >= 0.3 is 29.6 Å². The van der Waals surface area contributed by atoms with Crippen LogP contribution < -0.4 is 29.6 Å². The van der Waals surface area contributed by atoms with Gasteiger partial charge in [-0.25, -0.2) is 0 Å². The molecule has 1 rings (SSSR count). The fourth-order valence-electron chi connectivity index (χ4n) is 2.05. The SMILES string of the molecule is CCCCCCCCCc1ccc(S(=O)[O-])cc1.[Na+]. The summed E-state index contributed by atoms with van der Waals surface area (Å²) in [5, 5.41) is 0. The summed E-state index contributed by atoms with van der Waals surface area (Å²) in [5.41, 5.74) is 1.23. The Balaban J connectivity index is 0.00000324. The smallest absolute Gasteiger partial charge is 0.768 e. The van der Waals surface area contributed by atoms with Crippen LogP contribution in [-0.4, -0.2) is 8.76 Å². The van der Waals surface area contributed by atoms with Gasteiger partial charge in [-0.05, 0) is 41.6 Å². The molecule has 0 N–H and O–H groups in total. The third-order valence-electron chi connectivity index (χ3n) is 3.18. The molecule has 0 amide bonds. The Morgan fingerprint density at radius 2 is 1.47 bits per heavy atom. The van der Waals surface area contributed by atoms with Crippen LogP contribution in [0.5, 0.6) is 0 Å². The molecule has 0 spiro atoms. The van der Waals surface area contributed by atoms with Crippen LogP contribution in [-0.2, 0) is 17.5 Å². The molecule has 1 atom stereocenters. The zero-order valence-corrected chi connectivity index (χ0v) is 15.0. The molecule has 0 radical (unpaired) electrons. The predicted octanol–water partition coefficient (Wildman–Crippen LogP) is 1.22. The van der Waals surface area contributed by atoms with E-state index in [1.807, 2.05) is 12.1 Å². The van der Waals surface area contributed by atoms with Crippen LogP contribution in [0.1, 0.15) is 57.4 Å². The first kappa shape index (κ1) is 19.3. The van der Waals surface area contributed by atoms with E-state index in [0.717, 1.165) is 6.42 Å². The summed E-state index contributed by atoms with van der Waals surface area (Å²) in [6.45, 7) is 2.23. The average Bonchev–Trinajstić information content (AvgIpc) is 2.38. The van der Waals surface area contributed by atoms with E-state index >= 15 is 0 Å². The second-order valence-corrected chi connectivity index (χ2v) is 5.69. The first-order valence-corrected chi connectivity index (χ1v) is 7.99. The van der Waals surface area contributed by atoms with Crippen molar-refractivity contribution in [2.45, 2.75) is 63.2 Å². The van der Waals surface area contributed by atoms with E-state index in [1.54, 1.807) is 12.1 Å². The summed E-state index contributed by atoms with van der Waals surface area (Å²) < 4.78 is 21.4. The van der Waals surface area contributed by atoms with Gasteiger partial charge in [0.15, 0.2) is 0 Å². The standard InChI is InChI=1S/C15H24O2S.Na/c1-2-3-4-5-6-7-8-9-14-10-12-15(13-11-14)18(16)17;/h10-13H,2-9H2,1H3,(H,16,17);/q;+1/p-1. The zero-order chi connectivity index (χ0) is 13.2. The maximum absolute atomic E-state index is 10.7. The summed E-state index contributed by atoms with van der Waals surface area (Å²) in [6, 6.07) is 7.20. The van der Waals surface area contributed by atoms with E-state index in [2.05, 4.69) is 6.92 Å². The van der Waals surface area contributed by atoms with Crippen LogP contribution in [0, 0.1) is 0 Å². The first-order valence-electron chi connectivity index (χ1n) is 6.92. The normalized spacial score (nSPS) is 11.9. The largest absolute Gasteiger partial charge is 1.00 e. The summed E-state index contributed by atoms with van der Waals surface area (Å²) in [5.74, 6) is 0. The molecular weight excluding hydrogens is 267 g/mol. The van der Waals surface area contributed by atoms with Gasteiger partial charge in [0.05, 0.1) is 0 Å². The van der Waals surface area contributed by atoms with Crippen molar-refractivity contribution >= 4 is 11.1 Å². The minimum atomic E-state index is -2.10. The van der Waals surface area contributed by atoms with Crippen LogP contribution in [0.2, 0.25) is 0 Å². The second-order valence-electron chi connectivity index (χ2n) is 4.75. The van der Waals surface area contributed by atoms with Gasteiger partial charge in [0.2, 0.25) is 0 Å². The fourth-order valence-corrected chi connectivity index (χ4v) is 2.41. The number of rotatable bonds is 9. The van der Waals surface area contributed by atoms with Gasteiger partial charge in [-0.2, -0.15) is 0 Å². The minimum Gasteiger partial charge on any atom is -0.768 e. The van der Waals surface area contributed by atoms with Crippen molar-refractivity contribution in [2.24, 2.45) is 0 Å². The van der Waals surface area contributed by atoms with Crippen LogP contribution in [0.3, 0.4) is 0 Å². The third kappa shape index (κ3) is 8.98. The molecule has 2 nitrogen and oxygen atoms in total. The molecule has 102 valence electrons. The Kier molecular flexibility index (Phi) is 12.3. The van der Waals surface area contributed by atoms with E-state index in [1.165, 1.54) is 50.5 Å². The number of benzene rings is 1. The summed E-state index contributed by atoms with van der Waals surface area (Å²) in [7, 11) is 0. The van der Waals surface area contributed by atoms with Gasteiger partial charge in [-0.3, -0.25) is 4.21 Å². The maximum Gasteiger partial charge on any atom is 1.00 e. The molecule has 1 aromatic carbocycles. The van der Waals surface area contributed by atoms with Gasteiger partial charge in [0, 0.05) is 4.90 Å². The molecule has 0 aliphatic carbocycles. The van der Waals surface area contributed by atoms with Crippen molar-refractivity contribution in [3.05, 3.63) is 29.8 Å². The Bertz CT molecular complexity index is 352. The Morgan fingerprint density at radius 3 is 2.00 bits per heavy atom. The number of aryl methyl sites for hydroxylation is 1. The predicted molar refractivity (Wildman–Crippen MR) is 75.3 cm³/mol. The van der Waals surface area contributed by atoms with Crippen molar-refractivity contribution in [3.8, 4) is 0 Å². The molecule has 0 saturated heterocycles. The van der Waals surface area contributed by atoms with Crippen molar-refractivity contribution in [1.82, 2.24) is 0 Å². The van der Waals surface area contributed by atoms with E-state index in [0.29, 0.717) is 4.90 Å². The molecule has 0 fully saturated rings. The molecule has 0 bridgehead atoms. The van der Waals surface area contributed by atoms with Gasteiger partial charge in [0.25, 0.3) is 0 Å². The van der Waals surface area contributed by atoms with Crippen molar-refractivity contribution in [3.63, 3.8) is 0 Å². The molecule has 1 aromatic rings.